The fourth-order valence-electron chi connectivity index (χ4n) is 2.23. The number of hydrogen-bond donors (Lipinski definition) is 2. The van der Waals surface area contributed by atoms with Crippen molar-refractivity contribution in [3.05, 3.63) is 58.9 Å². The first-order chi connectivity index (χ1) is 10.1. The Morgan fingerprint density at radius 1 is 1.10 bits per heavy atom. The highest BCUT2D eigenvalue weighted by atomic mass is 35.5. The minimum atomic E-state index is -0.475. The van der Waals surface area contributed by atoms with Gasteiger partial charge in [-0.15, -0.1) is 0 Å². The molecule has 0 aliphatic rings. The Morgan fingerprint density at radius 3 is 2.43 bits per heavy atom. The Kier molecular flexibility index (Phi) is 3.39. The quantitative estimate of drug-likeness (QED) is 0.736. The van der Waals surface area contributed by atoms with E-state index in [-0.39, 0.29) is 5.02 Å². The second-order valence-corrected chi connectivity index (χ2v) is 5.26. The van der Waals surface area contributed by atoms with Gasteiger partial charge in [-0.25, -0.2) is 4.39 Å². The van der Waals surface area contributed by atoms with Crippen LogP contribution in [-0.2, 0) is 0 Å². The van der Waals surface area contributed by atoms with Crippen molar-refractivity contribution >= 4 is 17.4 Å². The number of aromatic nitrogens is 2. The predicted molar refractivity (Wildman–Crippen MR) is 83.6 cm³/mol. The van der Waals surface area contributed by atoms with Crippen molar-refractivity contribution in [1.82, 2.24) is 10.2 Å². The summed E-state index contributed by atoms with van der Waals surface area (Å²) in [7, 11) is 0. The molecule has 0 aliphatic heterocycles. The molecule has 0 spiro atoms. The van der Waals surface area contributed by atoms with E-state index in [1.807, 2.05) is 31.2 Å². The maximum Gasteiger partial charge on any atom is 0.153 e. The van der Waals surface area contributed by atoms with Crippen LogP contribution in [0.15, 0.2) is 42.5 Å². The average Bonchev–Trinajstić information content (AvgIpc) is 2.85. The van der Waals surface area contributed by atoms with Gasteiger partial charge in [-0.3, -0.25) is 5.10 Å². The van der Waals surface area contributed by atoms with E-state index in [9.17, 15) is 4.39 Å². The first-order valence-corrected chi connectivity index (χ1v) is 6.80. The number of benzene rings is 2. The molecule has 3 rings (SSSR count). The van der Waals surface area contributed by atoms with Crippen molar-refractivity contribution in [2.24, 2.45) is 0 Å². The van der Waals surface area contributed by atoms with E-state index < -0.39 is 5.82 Å². The summed E-state index contributed by atoms with van der Waals surface area (Å²) in [5, 5.41) is 6.99. The predicted octanol–water partition coefficient (Wildman–Crippen LogP) is 4.43. The van der Waals surface area contributed by atoms with Crippen LogP contribution >= 0.6 is 11.6 Å². The molecule has 1 heterocycles. The SMILES string of the molecule is Cc1ccc(-c2c(N)n[nH]c2-c2ccc(Cl)c(F)c2)cc1. The monoisotopic (exact) mass is 301 g/mol. The van der Waals surface area contributed by atoms with Crippen LogP contribution in [0.5, 0.6) is 0 Å². The summed E-state index contributed by atoms with van der Waals surface area (Å²) in [6.45, 7) is 2.01. The number of nitrogens with one attached hydrogen (secondary N) is 1. The molecule has 3 aromatic rings. The molecule has 0 saturated carbocycles. The number of aryl methyl sites for hydroxylation is 1. The first-order valence-electron chi connectivity index (χ1n) is 6.42. The van der Waals surface area contributed by atoms with Gasteiger partial charge in [0, 0.05) is 5.56 Å². The van der Waals surface area contributed by atoms with Gasteiger partial charge in [-0.1, -0.05) is 47.5 Å². The average molecular weight is 302 g/mol. The first kappa shape index (κ1) is 13.6. The Balaban J connectivity index is 2.16. The van der Waals surface area contributed by atoms with Crippen LogP contribution < -0.4 is 5.73 Å². The summed E-state index contributed by atoms with van der Waals surface area (Å²) < 4.78 is 13.7. The number of anilines is 1. The summed E-state index contributed by atoms with van der Waals surface area (Å²) in [5.41, 5.74) is 10.1. The third-order valence-corrected chi connectivity index (χ3v) is 3.65. The molecule has 0 radical (unpaired) electrons. The number of halogens is 2. The van der Waals surface area contributed by atoms with Crippen molar-refractivity contribution in [1.29, 1.82) is 0 Å². The fraction of sp³-hybridized carbons (Fsp3) is 0.0625. The van der Waals surface area contributed by atoms with E-state index in [1.165, 1.54) is 12.1 Å². The highest BCUT2D eigenvalue weighted by Gasteiger charge is 2.15. The summed E-state index contributed by atoms with van der Waals surface area (Å²) in [5.74, 6) is -0.0959. The molecule has 3 nitrogen and oxygen atoms in total. The minimum absolute atomic E-state index is 0.0862. The number of rotatable bonds is 2. The minimum Gasteiger partial charge on any atom is -0.382 e. The third-order valence-electron chi connectivity index (χ3n) is 3.34. The van der Waals surface area contributed by atoms with E-state index in [2.05, 4.69) is 10.2 Å². The fourth-order valence-corrected chi connectivity index (χ4v) is 2.35. The van der Waals surface area contributed by atoms with Gasteiger partial charge in [-0.05, 0) is 24.6 Å². The van der Waals surface area contributed by atoms with Crippen molar-refractivity contribution in [2.75, 3.05) is 5.73 Å². The van der Waals surface area contributed by atoms with Crippen LogP contribution in [0.3, 0.4) is 0 Å². The molecule has 0 atom stereocenters. The van der Waals surface area contributed by atoms with Crippen LogP contribution in [0.2, 0.25) is 5.02 Å². The van der Waals surface area contributed by atoms with Crippen LogP contribution in [0.1, 0.15) is 5.56 Å². The summed E-state index contributed by atoms with van der Waals surface area (Å²) in [6, 6.07) is 12.5. The normalized spacial score (nSPS) is 10.8. The van der Waals surface area contributed by atoms with Gasteiger partial charge >= 0.3 is 0 Å². The zero-order chi connectivity index (χ0) is 15.0. The molecule has 2 aromatic carbocycles. The van der Waals surface area contributed by atoms with E-state index in [0.717, 1.165) is 16.7 Å². The Labute approximate surface area is 126 Å². The molecule has 0 fully saturated rings. The van der Waals surface area contributed by atoms with Crippen LogP contribution in [0.25, 0.3) is 22.4 Å². The lowest BCUT2D eigenvalue weighted by molar-refractivity contribution is 0.628. The zero-order valence-corrected chi connectivity index (χ0v) is 12.1. The summed E-state index contributed by atoms with van der Waals surface area (Å²) in [4.78, 5) is 0. The smallest absolute Gasteiger partial charge is 0.153 e. The molecule has 106 valence electrons. The van der Waals surface area contributed by atoms with Gasteiger partial charge < -0.3 is 5.73 Å². The number of H-pyrrole nitrogens is 1. The number of hydrogen-bond acceptors (Lipinski definition) is 2. The van der Waals surface area contributed by atoms with Gasteiger partial charge in [0.15, 0.2) is 5.82 Å². The lowest BCUT2D eigenvalue weighted by Gasteiger charge is -2.06. The third kappa shape index (κ3) is 2.50. The van der Waals surface area contributed by atoms with Gasteiger partial charge in [0.1, 0.15) is 5.82 Å². The van der Waals surface area contributed by atoms with Crippen molar-refractivity contribution in [3.63, 3.8) is 0 Å². The second-order valence-electron chi connectivity index (χ2n) is 4.85. The Bertz CT molecular complexity index is 794. The molecule has 0 aliphatic carbocycles. The summed E-state index contributed by atoms with van der Waals surface area (Å²) >= 11 is 5.72. The summed E-state index contributed by atoms with van der Waals surface area (Å²) in [6.07, 6.45) is 0. The highest BCUT2D eigenvalue weighted by Crippen LogP contribution is 2.35. The number of nitrogen functional groups attached to an aromatic ring is 1. The molecule has 0 amide bonds. The molecule has 5 heteroatoms. The lowest BCUT2D eigenvalue weighted by atomic mass is 10.00. The largest absolute Gasteiger partial charge is 0.382 e. The van der Waals surface area contributed by atoms with Crippen molar-refractivity contribution in [2.45, 2.75) is 6.92 Å². The maximum atomic E-state index is 13.7. The molecule has 21 heavy (non-hydrogen) atoms. The van der Waals surface area contributed by atoms with E-state index in [4.69, 9.17) is 17.3 Å². The molecular weight excluding hydrogens is 289 g/mol. The van der Waals surface area contributed by atoms with Crippen LogP contribution in [0.4, 0.5) is 10.2 Å². The van der Waals surface area contributed by atoms with E-state index in [1.54, 1.807) is 6.07 Å². The number of nitrogens with zero attached hydrogens (tertiary/aromatic N) is 1. The molecule has 0 unspecified atom stereocenters. The molecule has 1 aromatic heterocycles. The number of aromatic amines is 1. The van der Waals surface area contributed by atoms with Gasteiger partial charge in [-0.2, -0.15) is 5.10 Å². The highest BCUT2D eigenvalue weighted by molar-refractivity contribution is 6.30. The second kappa shape index (κ2) is 5.22. The Morgan fingerprint density at radius 2 is 1.76 bits per heavy atom. The number of nitrogens with two attached hydrogens (primary N) is 1. The van der Waals surface area contributed by atoms with E-state index in [0.29, 0.717) is 17.1 Å². The van der Waals surface area contributed by atoms with Crippen LogP contribution in [0, 0.1) is 12.7 Å². The van der Waals surface area contributed by atoms with Crippen LogP contribution in [-0.4, -0.2) is 10.2 Å². The topological polar surface area (TPSA) is 54.7 Å². The Hall–Kier alpha value is -2.33. The molecule has 0 bridgehead atoms. The van der Waals surface area contributed by atoms with Gasteiger partial charge in [0.2, 0.25) is 0 Å². The van der Waals surface area contributed by atoms with Gasteiger partial charge in [0.05, 0.1) is 16.3 Å². The van der Waals surface area contributed by atoms with Gasteiger partial charge in [0.25, 0.3) is 0 Å². The van der Waals surface area contributed by atoms with E-state index >= 15 is 0 Å². The lowest BCUT2D eigenvalue weighted by Crippen LogP contribution is -1.89. The zero-order valence-electron chi connectivity index (χ0n) is 11.3. The molecule has 0 saturated heterocycles. The maximum absolute atomic E-state index is 13.7. The molecule has 3 N–H and O–H groups in total. The molecular formula is C16H13ClFN3. The van der Waals surface area contributed by atoms with Crippen molar-refractivity contribution in [3.8, 4) is 22.4 Å². The van der Waals surface area contributed by atoms with Crippen molar-refractivity contribution < 1.29 is 4.39 Å². The standard InChI is InChI=1S/C16H13ClFN3/c1-9-2-4-10(5-3-9)14-15(20-21-16(14)19)11-6-7-12(17)13(18)8-11/h2-8H,1H3,(H3,19,20,21).